The molecule has 0 saturated carbocycles. The normalized spacial score (nSPS) is 24.7. The molecule has 0 spiro atoms. The van der Waals surface area contributed by atoms with E-state index in [9.17, 15) is 4.39 Å². The summed E-state index contributed by atoms with van der Waals surface area (Å²) < 4.78 is 31.4. The lowest BCUT2D eigenvalue weighted by Crippen LogP contribution is -2.55. The van der Waals surface area contributed by atoms with E-state index in [4.69, 9.17) is 14.2 Å². The van der Waals surface area contributed by atoms with Gasteiger partial charge in [-0.05, 0) is 64.3 Å². The average Bonchev–Trinajstić information content (AvgIpc) is 3.53. The van der Waals surface area contributed by atoms with Crippen LogP contribution in [0.15, 0.2) is 29.5 Å². The van der Waals surface area contributed by atoms with E-state index in [0.717, 1.165) is 19.4 Å². The molecule has 0 radical (unpaired) electrons. The number of benzene rings is 1. The minimum Gasteiger partial charge on any atom is -0.495 e. The fraction of sp³-hybridized carbons (Fsp3) is 0.560. The number of nitrogens with zero attached hydrogens (tertiary/aromatic N) is 5. The van der Waals surface area contributed by atoms with Crippen molar-refractivity contribution in [3.63, 3.8) is 0 Å². The van der Waals surface area contributed by atoms with Crippen LogP contribution in [0.25, 0.3) is 0 Å². The van der Waals surface area contributed by atoms with E-state index in [2.05, 4.69) is 55.5 Å². The molecule has 5 heterocycles. The zero-order chi connectivity index (χ0) is 26.3. The highest BCUT2D eigenvalue weighted by molar-refractivity contribution is 5.94. The smallest absolute Gasteiger partial charge is 0.332 e. The largest absolute Gasteiger partial charge is 0.495 e. The number of hydrogen-bond acceptors (Lipinski definition) is 12. The quantitative estimate of drug-likeness (QED) is 0.422. The first kappa shape index (κ1) is 24.9. The van der Waals surface area contributed by atoms with Crippen LogP contribution < -0.4 is 31.4 Å². The number of rotatable bonds is 7. The Labute approximate surface area is 223 Å². The van der Waals surface area contributed by atoms with Gasteiger partial charge < -0.3 is 24.8 Å². The molecule has 3 saturated heterocycles. The summed E-state index contributed by atoms with van der Waals surface area (Å²) in [7, 11) is 1.59. The van der Waals surface area contributed by atoms with Crippen molar-refractivity contribution in [3.8, 4) is 5.75 Å². The van der Waals surface area contributed by atoms with Crippen LogP contribution in [0.5, 0.6) is 5.75 Å². The van der Waals surface area contributed by atoms with Gasteiger partial charge in [-0.25, -0.2) is 19.9 Å². The molecule has 12 nitrogen and oxygen atoms in total. The third kappa shape index (κ3) is 4.88. The molecule has 1 aromatic heterocycles. The van der Waals surface area contributed by atoms with E-state index in [1.807, 2.05) is 18.2 Å². The number of nitrogens with one attached hydrogen (secondary N) is 4. The summed E-state index contributed by atoms with van der Waals surface area (Å²) in [4.78, 5) is 11.3. The Hall–Kier alpha value is -3.42. The number of ether oxygens (including phenoxy) is 3. The highest BCUT2D eigenvalue weighted by Crippen LogP contribution is 2.39. The molecule has 38 heavy (non-hydrogen) atoms. The highest BCUT2D eigenvalue weighted by Gasteiger charge is 2.43. The van der Waals surface area contributed by atoms with Gasteiger partial charge in [0.1, 0.15) is 17.5 Å². The van der Waals surface area contributed by atoms with Gasteiger partial charge in [-0.3, -0.25) is 4.90 Å². The predicted molar refractivity (Wildman–Crippen MR) is 145 cm³/mol. The second-order valence-electron chi connectivity index (χ2n) is 10.7. The highest BCUT2D eigenvalue weighted by atomic mass is 19.1. The molecule has 4 aliphatic rings. The molecule has 1 aromatic carbocycles. The average molecular weight is 532 g/mol. The lowest BCUT2D eigenvalue weighted by Gasteiger charge is -2.47. The maximum atomic E-state index is 14.8. The third-order valence-corrected chi connectivity index (χ3v) is 7.60. The molecule has 2 atom stereocenters. The van der Waals surface area contributed by atoms with Gasteiger partial charge in [-0.1, -0.05) is 0 Å². The lowest BCUT2D eigenvalue weighted by molar-refractivity contribution is -0.0866. The van der Waals surface area contributed by atoms with Crippen molar-refractivity contribution < 1.29 is 21.5 Å². The fourth-order valence-corrected chi connectivity index (χ4v) is 5.81. The number of amidine groups is 1. The number of fused-ring (bicyclic) bond motifs is 1. The van der Waals surface area contributed by atoms with Crippen molar-refractivity contribution in [1.29, 1.82) is 0 Å². The summed E-state index contributed by atoms with van der Waals surface area (Å²) in [5.74, 6) is 0.616. The van der Waals surface area contributed by atoms with Crippen molar-refractivity contribution in [2.45, 2.75) is 63.3 Å². The maximum absolute atomic E-state index is 14.8. The van der Waals surface area contributed by atoms with Gasteiger partial charge >= 0.3 is 6.02 Å². The topological polar surface area (TPSA) is 120 Å². The number of hydrazine groups is 2. The lowest BCUT2D eigenvalue weighted by atomic mass is 9.84. The Balaban J connectivity index is 0.00000185. The summed E-state index contributed by atoms with van der Waals surface area (Å²) in [5, 5.41) is 12.4. The van der Waals surface area contributed by atoms with Crippen molar-refractivity contribution in [1.82, 2.24) is 25.9 Å². The minimum absolute atomic E-state index is 0. The zero-order valence-corrected chi connectivity index (χ0v) is 21.8. The summed E-state index contributed by atoms with van der Waals surface area (Å²) in [6, 6.07) is 6.49. The third-order valence-electron chi connectivity index (χ3n) is 7.60. The fourth-order valence-electron chi connectivity index (χ4n) is 5.81. The van der Waals surface area contributed by atoms with Crippen molar-refractivity contribution in [2.75, 3.05) is 42.5 Å². The van der Waals surface area contributed by atoms with Gasteiger partial charge in [0.2, 0.25) is 5.95 Å². The van der Waals surface area contributed by atoms with Crippen LogP contribution in [0.4, 0.5) is 27.5 Å². The maximum Gasteiger partial charge on any atom is 0.332 e. The van der Waals surface area contributed by atoms with Gasteiger partial charge in [0.15, 0.2) is 11.6 Å². The first-order valence-electron chi connectivity index (χ1n) is 13.0. The van der Waals surface area contributed by atoms with E-state index in [1.54, 1.807) is 12.1 Å². The number of aromatic nitrogens is 2. The first-order chi connectivity index (χ1) is 18.4. The number of anilines is 4. The number of hydrazone groups is 1. The molecule has 208 valence electrons. The first-order valence-corrected chi connectivity index (χ1v) is 13.0. The number of halogens is 1. The SMILES string of the molecule is COc1ccc(Nc2ncc(F)c(N[C@@H]3CC4CCCN4C(C)(C)C3)n2)cc1N1NNN=C1OC1COC1.[HH].[HH]. The monoisotopic (exact) mass is 531 g/mol. The Kier molecular flexibility index (Phi) is 6.58. The Morgan fingerprint density at radius 2 is 2.16 bits per heavy atom. The Morgan fingerprint density at radius 3 is 2.95 bits per heavy atom. The Bertz CT molecular complexity index is 1220. The van der Waals surface area contributed by atoms with Gasteiger partial charge in [-0.2, -0.15) is 4.98 Å². The van der Waals surface area contributed by atoms with Crippen LogP contribution in [0.1, 0.15) is 42.4 Å². The summed E-state index contributed by atoms with van der Waals surface area (Å²) in [6.07, 6.45) is 5.45. The molecule has 13 heteroatoms. The summed E-state index contributed by atoms with van der Waals surface area (Å²) >= 11 is 0. The molecule has 0 bridgehead atoms. The van der Waals surface area contributed by atoms with Crippen molar-refractivity contribution in [2.24, 2.45) is 5.10 Å². The Morgan fingerprint density at radius 1 is 1.29 bits per heavy atom. The molecule has 6 rings (SSSR count). The summed E-state index contributed by atoms with van der Waals surface area (Å²) in [5.41, 5.74) is 7.04. The number of hydrogen-bond donors (Lipinski definition) is 4. The van der Waals surface area contributed by atoms with Crippen LogP contribution in [-0.4, -0.2) is 71.5 Å². The molecular formula is C25H38FN9O3. The van der Waals surface area contributed by atoms with Crippen LogP contribution >= 0.6 is 0 Å². The molecule has 4 N–H and O–H groups in total. The standard InChI is InChI=1S/C25H34FN9O3.2H2/c1-25(2)11-16(9-17-5-4-8-34(17)25)28-22-19(26)12-27-23(30-22)29-15-6-7-21(36-3)20(10-15)35-24(31-32-33-35)38-18-13-37-14-18;;/h6-7,10,12,16-18,32-33H,4-5,8-9,11,13-14H2,1-3H3,(H2,27,28,29,30);2*1H/t16-,17?;;/m1../s1. The van der Waals surface area contributed by atoms with Crippen LogP contribution in [-0.2, 0) is 9.47 Å². The molecule has 2 aromatic rings. The van der Waals surface area contributed by atoms with E-state index in [1.165, 1.54) is 19.0 Å². The predicted octanol–water partition coefficient (Wildman–Crippen LogP) is 3.19. The van der Waals surface area contributed by atoms with Gasteiger partial charge in [0.25, 0.3) is 0 Å². The van der Waals surface area contributed by atoms with E-state index < -0.39 is 5.82 Å². The molecule has 3 fully saturated rings. The molecule has 0 aliphatic carbocycles. The summed E-state index contributed by atoms with van der Waals surface area (Å²) in [6.45, 7) is 6.72. The van der Waals surface area contributed by atoms with E-state index >= 15 is 0 Å². The van der Waals surface area contributed by atoms with Gasteiger partial charge in [-0.15, -0.1) is 10.6 Å². The van der Waals surface area contributed by atoms with E-state index in [0.29, 0.717) is 42.4 Å². The number of methoxy groups -OCH3 is 1. The molecule has 0 amide bonds. The number of piperidine rings is 1. The molecular weight excluding hydrogens is 493 g/mol. The van der Waals surface area contributed by atoms with Gasteiger partial charge in [0, 0.05) is 26.2 Å². The second-order valence-corrected chi connectivity index (χ2v) is 10.7. The van der Waals surface area contributed by atoms with Gasteiger partial charge in [0.05, 0.1) is 26.5 Å². The van der Waals surface area contributed by atoms with Crippen molar-refractivity contribution >= 4 is 29.2 Å². The minimum atomic E-state index is -0.469. The van der Waals surface area contributed by atoms with Crippen LogP contribution in [0.3, 0.4) is 0 Å². The molecule has 1 unspecified atom stereocenters. The van der Waals surface area contributed by atoms with E-state index in [-0.39, 0.29) is 32.3 Å². The second kappa shape index (κ2) is 10.0. The molecule has 4 aliphatic heterocycles. The zero-order valence-electron chi connectivity index (χ0n) is 21.8. The van der Waals surface area contributed by atoms with Crippen molar-refractivity contribution in [3.05, 3.63) is 30.2 Å². The van der Waals surface area contributed by atoms with Crippen LogP contribution in [0.2, 0.25) is 0 Å². The van der Waals surface area contributed by atoms with Crippen LogP contribution in [0, 0.1) is 5.82 Å².